The van der Waals surface area contributed by atoms with Crippen LogP contribution in [0.15, 0.2) is 42.5 Å². The monoisotopic (exact) mass is 277 g/mol. The molecule has 4 heteroatoms. The Kier molecular flexibility index (Phi) is 4.56. The van der Waals surface area contributed by atoms with E-state index in [1.54, 1.807) is 18.2 Å². The maximum atomic E-state index is 13.6. The summed E-state index contributed by atoms with van der Waals surface area (Å²) in [6.45, 7) is 1.97. The van der Waals surface area contributed by atoms with Gasteiger partial charge in [-0.1, -0.05) is 12.1 Å². The van der Waals surface area contributed by atoms with Gasteiger partial charge in [-0.25, -0.2) is 8.78 Å². The first-order valence-corrected chi connectivity index (χ1v) is 6.43. The molecule has 20 heavy (non-hydrogen) atoms. The Labute approximate surface area is 117 Å². The van der Waals surface area contributed by atoms with E-state index in [2.05, 4.69) is 5.32 Å². The van der Waals surface area contributed by atoms with Gasteiger partial charge in [0.15, 0.2) is 11.6 Å². The Morgan fingerprint density at radius 1 is 1.15 bits per heavy atom. The standard InChI is InChI=1S/C16H17F2NO/c1-11(8-12-4-3-5-13(17)9-12)19-14-6-7-16(20-2)15(18)10-14/h3-7,9-11,19H,8H2,1-2H3. The molecule has 2 rings (SSSR count). The first-order chi connectivity index (χ1) is 9.58. The number of nitrogens with one attached hydrogen (secondary N) is 1. The molecule has 2 aromatic carbocycles. The fourth-order valence-electron chi connectivity index (χ4n) is 2.11. The summed E-state index contributed by atoms with van der Waals surface area (Å²) in [4.78, 5) is 0. The zero-order valence-electron chi connectivity index (χ0n) is 11.5. The average Bonchev–Trinajstić information content (AvgIpc) is 2.38. The van der Waals surface area contributed by atoms with E-state index in [1.165, 1.54) is 25.3 Å². The van der Waals surface area contributed by atoms with E-state index in [0.717, 1.165) is 5.56 Å². The summed E-state index contributed by atoms with van der Waals surface area (Å²) in [5.41, 5.74) is 1.58. The Morgan fingerprint density at radius 2 is 1.95 bits per heavy atom. The second kappa shape index (κ2) is 6.37. The molecule has 0 fully saturated rings. The summed E-state index contributed by atoms with van der Waals surface area (Å²) in [7, 11) is 1.43. The number of anilines is 1. The minimum absolute atomic E-state index is 0.0598. The molecule has 0 aliphatic heterocycles. The molecule has 1 N–H and O–H groups in total. The largest absolute Gasteiger partial charge is 0.494 e. The SMILES string of the molecule is COc1ccc(NC(C)Cc2cccc(F)c2)cc1F. The van der Waals surface area contributed by atoms with E-state index >= 15 is 0 Å². The number of hydrogen-bond donors (Lipinski definition) is 1. The smallest absolute Gasteiger partial charge is 0.167 e. The lowest BCUT2D eigenvalue weighted by Gasteiger charge is -2.16. The van der Waals surface area contributed by atoms with Gasteiger partial charge in [0.05, 0.1) is 7.11 Å². The normalized spacial score (nSPS) is 12.0. The predicted octanol–water partition coefficient (Wildman–Crippen LogP) is 4.02. The Balaban J connectivity index is 2.01. The maximum absolute atomic E-state index is 13.6. The Hall–Kier alpha value is -2.10. The van der Waals surface area contributed by atoms with E-state index in [-0.39, 0.29) is 17.6 Å². The van der Waals surface area contributed by atoms with Gasteiger partial charge in [0.2, 0.25) is 0 Å². The van der Waals surface area contributed by atoms with Crippen LogP contribution >= 0.6 is 0 Å². The van der Waals surface area contributed by atoms with Crippen molar-refractivity contribution in [1.82, 2.24) is 0 Å². The molecule has 0 saturated heterocycles. The molecule has 2 nitrogen and oxygen atoms in total. The number of benzene rings is 2. The van der Waals surface area contributed by atoms with Crippen molar-refractivity contribution in [2.75, 3.05) is 12.4 Å². The van der Waals surface area contributed by atoms with Crippen molar-refractivity contribution in [2.45, 2.75) is 19.4 Å². The quantitative estimate of drug-likeness (QED) is 0.891. The van der Waals surface area contributed by atoms with E-state index in [9.17, 15) is 8.78 Å². The summed E-state index contributed by atoms with van der Waals surface area (Å²) < 4.78 is 31.5. The molecule has 0 aliphatic carbocycles. The highest BCUT2D eigenvalue weighted by Crippen LogP contribution is 2.21. The van der Waals surface area contributed by atoms with Gasteiger partial charge in [-0.2, -0.15) is 0 Å². The molecule has 0 aliphatic rings. The lowest BCUT2D eigenvalue weighted by atomic mass is 10.1. The van der Waals surface area contributed by atoms with Crippen LogP contribution < -0.4 is 10.1 Å². The highest BCUT2D eigenvalue weighted by atomic mass is 19.1. The maximum Gasteiger partial charge on any atom is 0.167 e. The molecule has 0 bridgehead atoms. The third-order valence-electron chi connectivity index (χ3n) is 3.00. The first-order valence-electron chi connectivity index (χ1n) is 6.43. The third-order valence-corrected chi connectivity index (χ3v) is 3.00. The molecule has 1 atom stereocenters. The molecular weight excluding hydrogens is 260 g/mol. The van der Waals surface area contributed by atoms with Crippen molar-refractivity contribution in [2.24, 2.45) is 0 Å². The highest BCUT2D eigenvalue weighted by Gasteiger charge is 2.07. The lowest BCUT2D eigenvalue weighted by Crippen LogP contribution is -2.18. The number of halogens is 2. The van der Waals surface area contributed by atoms with Gasteiger partial charge in [0, 0.05) is 17.8 Å². The zero-order chi connectivity index (χ0) is 14.5. The Bertz CT molecular complexity index is 586. The minimum atomic E-state index is -0.407. The number of methoxy groups -OCH3 is 1. The van der Waals surface area contributed by atoms with Crippen LogP contribution in [0.3, 0.4) is 0 Å². The molecule has 0 aromatic heterocycles. The number of rotatable bonds is 5. The van der Waals surface area contributed by atoms with Gasteiger partial charge in [0.1, 0.15) is 5.82 Å². The first kappa shape index (κ1) is 14.3. The van der Waals surface area contributed by atoms with Crippen LogP contribution in [0, 0.1) is 11.6 Å². The summed E-state index contributed by atoms with van der Waals surface area (Å²) in [6, 6.07) is 11.3. The molecule has 1 unspecified atom stereocenters. The Morgan fingerprint density at radius 3 is 2.60 bits per heavy atom. The average molecular weight is 277 g/mol. The second-order valence-corrected chi connectivity index (χ2v) is 4.73. The molecule has 0 spiro atoms. The zero-order valence-corrected chi connectivity index (χ0v) is 11.5. The molecule has 0 amide bonds. The van der Waals surface area contributed by atoms with E-state index in [1.807, 2.05) is 13.0 Å². The van der Waals surface area contributed by atoms with Crippen molar-refractivity contribution in [3.05, 3.63) is 59.7 Å². The summed E-state index contributed by atoms with van der Waals surface area (Å²) in [5, 5.41) is 3.18. The van der Waals surface area contributed by atoms with Gasteiger partial charge >= 0.3 is 0 Å². The molecule has 0 heterocycles. The second-order valence-electron chi connectivity index (χ2n) is 4.73. The van der Waals surface area contributed by atoms with Crippen LogP contribution in [-0.4, -0.2) is 13.2 Å². The van der Waals surface area contributed by atoms with Crippen molar-refractivity contribution in [3.8, 4) is 5.75 Å². The van der Waals surface area contributed by atoms with E-state index in [4.69, 9.17) is 4.74 Å². The molecular formula is C16H17F2NO. The molecule has 106 valence electrons. The molecule has 0 saturated carbocycles. The lowest BCUT2D eigenvalue weighted by molar-refractivity contribution is 0.386. The van der Waals surface area contributed by atoms with Crippen molar-refractivity contribution >= 4 is 5.69 Å². The van der Waals surface area contributed by atoms with Gasteiger partial charge in [-0.15, -0.1) is 0 Å². The van der Waals surface area contributed by atoms with Crippen LogP contribution in [0.5, 0.6) is 5.75 Å². The van der Waals surface area contributed by atoms with Gasteiger partial charge in [-0.05, 0) is 43.2 Å². The number of hydrogen-bond acceptors (Lipinski definition) is 2. The van der Waals surface area contributed by atoms with E-state index < -0.39 is 5.82 Å². The van der Waals surface area contributed by atoms with Gasteiger partial charge < -0.3 is 10.1 Å². The minimum Gasteiger partial charge on any atom is -0.494 e. The predicted molar refractivity (Wildman–Crippen MR) is 76.1 cm³/mol. The van der Waals surface area contributed by atoms with Crippen LogP contribution in [0.4, 0.5) is 14.5 Å². The van der Waals surface area contributed by atoms with Crippen LogP contribution in [-0.2, 0) is 6.42 Å². The van der Waals surface area contributed by atoms with Crippen molar-refractivity contribution in [3.63, 3.8) is 0 Å². The summed E-state index contributed by atoms with van der Waals surface area (Å²) in [5.74, 6) is -0.436. The van der Waals surface area contributed by atoms with Crippen LogP contribution in [0.1, 0.15) is 12.5 Å². The van der Waals surface area contributed by atoms with Crippen LogP contribution in [0.2, 0.25) is 0 Å². The fourth-order valence-corrected chi connectivity index (χ4v) is 2.11. The van der Waals surface area contributed by atoms with Gasteiger partial charge in [-0.3, -0.25) is 0 Å². The van der Waals surface area contributed by atoms with Crippen molar-refractivity contribution < 1.29 is 13.5 Å². The summed E-state index contributed by atoms with van der Waals surface area (Å²) in [6.07, 6.45) is 0.658. The third kappa shape index (κ3) is 3.70. The molecule has 2 aromatic rings. The molecule has 0 radical (unpaired) electrons. The highest BCUT2D eigenvalue weighted by molar-refractivity contribution is 5.48. The fraction of sp³-hybridized carbons (Fsp3) is 0.250. The van der Waals surface area contributed by atoms with Crippen LogP contribution in [0.25, 0.3) is 0 Å². The topological polar surface area (TPSA) is 21.3 Å². The van der Waals surface area contributed by atoms with Gasteiger partial charge in [0.25, 0.3) is 0 Å². The van der Waals surface area contributed by atoms with Crippen molar-refractivity contribution in [1.29, 1.82) is 0 Å². The number of ether oxygens (including phenoxy) is 1. The summed E-state index contributed by atoms with van der Waals surface area (Å²) >= 11 is 0. The van der Waals surface area contributed by atoms with E-state index in [0.29, 0.717) is 12.1 Å².